The summed E-state index contributed by atoms with van der Waals surface area (Å²) in [5, 5.41) is 5.39. The van der Waals surface area contributed by atoms with Crippen molar-refractivity contribution < 1.29 is 9.53 Å². The highest BCUT2D eigenvalue weighted by molar-refractivity contribution is 5.97. The molecule has 1 N–H and O–H groups in total. The Morgan fingerprint density at radius 2 is 2.27 bits per heavy atom. The van der Waals surface area contributed by atoms with Crippen molar-refractivity contribution in [3.8, 4) is 11.1 Å². The summed E-state index contributed by atoms with van der Waals surface area (Å²) in [6.07, 6.45) is 9.33. The van der Waals surface area contributed by atoms with E-state index in [4.69, 9.17) is 4.74 Å². The Hall–Kier alpha value is -2.47. The summed E-state index contributed by atoms with van der Waals surface area (Å²) < 4.78 is 7.53. The Morgan fingerprint density at radius 3 is 3.09 bits per heavy atom. The molecule has 4 rings (SSSR count). The van der Waals surface area contributed by atoms with Crippen LogP contribution in [0.2, 0.25) is 0 Å². The first-order chi connectivity index (χ1) is 10.9. The minimum absolute atomic E-state index is 0.0789. The van der Waals surface area contributed by atoms with Gasteiger partial charge in [-0.15, -0.1) is 0 Å². The first-order valence-corrected chi connectivity index (χ1v) is 7.45. The van der Waals surface area contributed by atoms with E-state index in [-0.39, 0.29) is 6.23 Å². The molecule has 1 atom stereocenters. The number of fused-ring (bicyclic) bond motifs is 1. The van der Waals surface area contributed by atoms with Crippen LogP contribution < -0.4 is 0 Å². The molecule has 0 saturated carbocycles. The van der Waals surface area contributed by atoms with E-state index >= 15 is 0 Å². The number of hydrogen-bond donors (Lipinski definition) is 1. The molecular weight excluding hydrogens is 280 g/mol. The number of aldehydes is 1. The van der Waals surface area contributed by atoms with Gasteiger partial charge in [0, 0.05) is 36.1 Å². The number of pyridine rings is 1. The molecule has 1 unspecified atom stereocenters. The molecule has 6 heteroatoms. The lowest BCUT2D eigenvalue weighted by Crippen LogP contribution is -2.18. The molecule has 4 heterocycles. The first kappa shape index (κ1) is 13.2. The molecule has 0 bridgehead atoms. The second kappa shape index (κ2) is 5.38. The number of ether oxygens (including phenoxy) is 1. The second-order valence-electron chi connectivity index (χ2n) is 5.45. The highest BCUT2D eigenvalue weighted by Gasteiger charge is 2.20. The van der Waals surface area contributed by atoms with Crippen molar-refractivity contribution in [1.82, 2.24) is 19.7 Å². The second-order valence-corrected chi connectivity index (χ2v) is 5.45. The molecule has 112 valence electrons. The van der Waals surface area contributed by atoms with Crippen molar-refractivity contribution in [2.75, 3.05) is 6.61 Å². The Labute approximate surface area is 127 Å². The number of carbonyl (C=O) groups excluding carboxylic acids is 1. The molecule has 6 nitrogen and oxygen atoms in total. The number of nitrogens with one attached hydrogen (secondary N) is 1. The third-order valence-electron chi connectivity index (χ3n) is 4.07. The van der Waals surface area contributed by atoms with Crippen molar-refractivity contribution in [2.24, 2.45) is 0 Å². The third-order valence-corrected chi connectivity index (χ3v) is 4.07. The molecular formula is C16H16N4O2. The van der Waals surface area contributed by atoms with Crippen LogP contribution in [0.4, 0.5) is 0 Å². The van der Waals surface area contributed by atoms with E-state index in [1.54, 1.807) is 10.9 Å². The monoisotopic (exact) mass is 296 g/mol. The quantitative estimate of drug-likeness (QED) is 0.754. The topological polar surface area (TPSA) is 72.8 Å². The molecule has 1 fully saturated rings. The Kier molecular flexibility index (Phi) is 3.23. The number of H-pyrrole nitrogens is 1. The van der Waals surface area contributed by atoms with Crippen molar-refractivity contribution >= 4 is 17.3 Å². The number of aromatic amines is 1. The zero-order valence-corrected chi connectivity index (χ0v) is 12.0. The smallest absolute Gasteiger partial charge is 0.170 e. The number of carbonyl (C=O) groups is 1. The van der Waals surface area contributed by atoms with Gasteiger partial charge < -0.3 is 9.72 Å². The van der Waals surface area contributed by atoms with E-state index in [0.29, 0.717) is 5.69 Å². The molecule has 1 aliphatic rings. The van der Waals surface area contributed by atoms with Crippen LogP contribution in [0.15, 0.2) is 30.7 Å². The standard InChI is InChI=1S/C16H16N4O2/c21-10-14-13(9-20(19-14)15-3-1-2-8-22-15)11-4-6-17-16-12(11)5-7-18-16/h4-7,9-10,15H,1-3,8H2,(H,17,18). The fourth-order valence-corrected chi connectivity index (χ4v) is 2.98. The summed E-state index contributed by atoms with van der Waals surface area (Å²) in [6, 6.07) is 3.87. The molecule has 0 aliphatic carbocycles. The predicted octanol–water partition coefficient (Wildman–Crippen LogP) is 2.94. The first-order valence-electron chi connectivity index (χ1n) is 7.45. The number of hydrogen-bond acceptors (Lipinski definition) is 4. The van der Waals surface area contributed by atoms with Gasteiger partial charge in [-0.05, 0) is 37.0 Å². The molecule has 0 aromatic carbocycles. The fourth-order valence-electron chi connectivity index (χ4n) is 2.98. The summed E-state index contributed by atoms with van der Waals surface area (Å²) in [5.41, 5.74) is 3.01. The molecule has 0 amide bonds. The number of rotatable bonds is 3. The van der Waals surface area contributed by atoms with Gasteiger partial charge in [-0.3, -0.25) is 4.79 Å². The maximum absolute atomic E-state index is 11.4. The van der Waals surface area contributed by atoms with Crippen LogP contribution in [-0.4, -0.2) is 32.6 Å². The van der Waals surface area contributed by atoms with Gasteiger partial charge in [-0.2, -0.15) is 5.10 Å². The van der Waals surface area contributed by atoms with Gasteiger partial charge in [-0.25, -0.2) is 9.67 Å². The van der Waals surface area contributed by atoms with Crippen molar-refractivity contribution in [3.05, 3.63) is 36.4 Å². The number of aromatic nitrogens is 4. The Balaban J connectivity index is 1.82. The highest BCUT2D eigenvalue weighted by atomic mass is 16.5. The average molecular weight is 296 g/mol. The van der Waals surface area contributed by atoms with Crippen molar-refractivity contribution in [1.29, 1.82) is 0 Å². The molecule has 1 aliphatic heterocycles. The summed E-state index contributed by atoms with van der Waals surface area (Å²) in [6.45, 7) is 0.744. The molecule has 0 spiro atoms. The van der Waals surface area contributed by atoms with E-state index in [1.807, 2.05) is 24.5 Å². The van der Waals surface area contributed by atoms with Crippen LogP contribution in [-0.2, 0) is 4.74 Å². The van der Waals surface area contributed by atoms with E-state index in [0.717, 1.165) is 54.3 Å². The average Bonchev–Trinajstić information content (AvgIpc) is 3.22. The summed E-state index contributed by atoms with van der Waals surface area (Å²) >= 11 is 0. The van der Waals surface area contributed by atoms with Gasteiger partial charge >= 0.3 is 0 Å². The van der Waals surface area contributed by atoms with Gasteiger partial charge in [0.05, 0.1) is 0 Å². The van der Waals surface area contributed by atoms with Crippen LogP contribution in [0.3, 0.4) is 0 Å². The largest absolute Gasteiger partial charge is 0.357 e. The predicted molar refractivity (Wildman–Crippen MR) is 81.5 cm³/mol. The Bertz CT molecular complexity index is 815. The summed E-state index contributed by atoms with van der Waals surface area (Å²) in [4.78, 5) is 18.8. The van der Waals surface area contributed by atoms with Crippen LogP contribution in [0.25, 0.3) is 22.2 Å². The van der Waals surface area contributed by atoms with Gasteiger partial charge in [0.15, 0.2) is 6.29 Å². The highest BCUT2D eigenvalue weighted by Crippen LogP contribution is 2.31. The lowest BCUT2D eigenvalue weighted by atomic mass is 10.1. The molecule has 0 radical (unpaired) electrons. The zero-order chi connectivity index (χ0) is 14.9. The van der Waals surface area contributed by atoms with Crippen molar-refractivity contribution in [2.45, 2.75) is 25.5 Å². The lowest BCUT2D eigenvalue weighted by Gasteiger charge is -2.22. The minimum atomic E-state index is -0.0789. The lowest BCUT2D eigenvalue weighted by molar-refractivity contribution is -0.0395. The van der Waals surface area contributed by atoms with E-state index in [1.165, 1.54) is 0 Å². The molecule has 3 aromatic rings. The van der Waals surface area contributed by atoms with E-state index < -0.39 is 0 Å². The van der Waals surface area contributed by atoms with Crippen LogP contribution >= 0.6 is 0 Å². The molecule has 1 saturated heterocycles. The van der Waals surface area contributed by atoms with Gasteiger partial charge in [0.2, 0.25) is 0 Å². The summed E-state index contributed by atoms with van der Waals surface area (Å²) in [5.74, 6) is 0. The van der Waals surface area contributed by atoms with Crippen LogP contribution in [0.1, 0.15) is 36.0 Å². The SMILES string of the molecule is O=Cc1nn(C2CCCCO2)cc1-c1ccnc2[nH]ccc12. The van der Waals surface area contributed by atoms with Gasteiger partial charge in [0.1, 0.15) is 17.6 Å². The van der Waals surface area contributed by atoms with E-state index in [2.05, 4.69) is 15.1 Å². The molecule has 3 aromatic heterocycles. The fraction of sp³-hybridized carbons (Fsp3) is 0.312. The van der Waals surface area contributed by atoms with Crippen LogP contribution in [0, 0.1) is 0 Å². The Morgan fingerprint density at radius 1 is 1.32 bits per heavy atom. The van der Waals surface area contributed by atoms with E-state index in [9.17, 15) is 4.79 Å². The number of nitrogens with zero attached hydrogens (tertiary/aromatic N) is 3. The van der Waals surface area contributed by atoms with Crippen molar-refractivity contribution in [3.63, 3.8) is 0 Å². The third kappa shape index (κ3) is 2.12. The minimum Gasteiger partial charge on any atom is -0.357 e. The molecule has 22 heavy (non-hydrogen) atoms. The van der Waals surface area contributed by atoms with Gasteiger partial charge in [-0.1, -0.05) is 0 Å². The zero-order valence-electron chi connectivity index (χ0n) is 12.0. The maximum Gasteiger partial charge on any atom is 0.170 e. The maximum atomic E-state index is 11.4. The van der Waals surface area contributed by atoms with Crippen LogP contribution in [0.5, 0.6) is 0 Å². The normalized spacial score (nSPS) is 18.6. The van der Waals surface area contributed by atoms with Gasteiger partial charge in [0.25, 0.3) is 0 Å². The summed E-state index contributed by atoms with van der Waals surface area (Å²) in [7, 11) is 0.